The summed E-state index contributed by atoms with van der Waals surface area (Å²) in [4.78, 5) is 13.0. The Labute approximate surface area is 187 Å². The molecule has 12 heteroatoms. The molecule has 1 fully saturated rings. The summed E-state index contributed by atoms with van der Waals surface area (Å²) >= 11 is 0. The number of halogens is 3. The van der Waals surface area contributed by atoms with Gasteiger partial charge in [-0.1, -0.05) is 6.07 Å². The lowest BCUT2D eigenvalue weighted by Gasteiger charge is -2.36. The van der Waals surface area contributed by atoms with E-state index in [1.54, 1.807) is 12.3 Å². The Hall–Kier alpha value is -3.09. The van der Waals surface area contributed by atoms with Crippen molar-refractivity contribution in [2.24, 2.45) is 0 Å². The number of benzene rings is 1. The summed E-state index contributed by atoms with van der Waals surface area (Å²) in [5.41, 5.74) is 0.961. The van der Waals surface area contributed by atoms with Gasteiger partial charge in [-0.05, 0) is 23.8 Å². The number of H-pyrrole nitrogens is 1. The normalized spacial score (nSPS) is 16.0. The van der Waals surface area contributed by atoms with E-state index in [4.69, 9.17) is 19.3 Å². The first kappa shape index (κ1) is 23.1. The van der Waals surface area contributed by atoms with Gasteiger partial charge in [-0.2, -0.15) is 23.1 Å². The maximum Gasteiger partial charge on any atom is 0.408 e. The highest BCUT2D eigenvalue weighted by Crippen LogP contribution is 2.41. The second-order valence-electron chi connectivity index (χ2n) is 7.34. The van der Waals surface area contributed by atoms with Crippen LogP contribution in [-0.2, 0) is 4.74 Å². The van der Waals surface area contributed by atoms with E-state index in [1.165, 1.54) is 30.2 Å². The highest BCUT2D eigenvalue weighted by molar-refractivity contribution is 5.82. The fraction of sp³-hybridized carbons (Fsp3) is 0.429. The summed E-state index contributed by atoms with van der Waals surface area (Å²) in [5, 5.41) is 12.7. The summed E-state index contributed by atoms with van der Waals surface area (Å²) in [7, 11) is 1.38. The number of morpholine rings is 1. The molecular weight excluding hydrogens is 443 g/mol. The van der Waals surface area contributed by atoms with E-state index >= 15 is 0 Å². The van der Waals surface area contributed by atoms with Crippen LogP contribution in [0.25, 0.3) is 11.0 Å². The molecule has 4 rings (SSSR count). The largest absolute Gasteiger partial charge is 0.495 e. The average Bonchev–Trinajstić information content (AvgIpc) is 3.27. The van der Waals surface area contributed by atoms with Crippen molar-refractivity contribution in [1.29, 1.82) is 0 Å². The van der Waals surface area contributed by atoms with Crippen LogP contribution in [0, 0.1) is 0 Å². The van der Waals surface area contributed by atoms with Gasteiger partial charge in [0.2, 0.25) is 11.8 Å². The van der Waals surface area contributed by atoms with Crippen molar-refractivity contribution < 1.29 is 32.5 Å². The molecule has 0 unspecified atom stereocenters. The van der Waals surface area contributed by atoms with Crippen molar-refractivity contribution in [3.63, 3.8) is 0 Å². The minimum Gasteiger partial charge on any atom is -0.495 e. The molecule has 3 heterocycles. The van der Waals surface area contributed by atoms with Gasteiger partial charge >= 0.3 is 6.18 Å². The molecule has 0 saturated carbocycles. The first-order chi connectivity index (χ1) is 15.9. The van der Waals surface area contributed by atoms with Crippen LogP contribution < -0.4 is 14.8 Å². The van der Waals surface area contributed by atoms with E-state index in [0.717, 1.165) is 0 Å². The zero-order valence-electron chi connectivity index (χ0n) is 17.9. The van der Waals surface area contributed by atoms with Gasteiger partial charge in [-0.3, -0.25) is 4.90 Å². The Morgan fingerprint density at radius 2 is 2.03 bits per heavy atom. The van der Waals surface area contributed by atoms with Crippen LogP contribution >= 0.6 is 0 Å². The number of rotatable bonds is 8. The van der Waals surface area contributed by atoms with E-state index in [1.807, 2.05) is 0 Å². The molecule has 1 saturated heterocycles. The molecule has 0 aliphatic carbocycles. The van der Waals surface area contributed by atoms with Crippen LogP contribution in [0.4, 0.5) is 24.8 Å². The predicted molar refractivity (Wildman–Crippen MR) is 114 cm³/mol. The smallest absolute Gasteiger partial charge is 0.408 e. The highest BCUT2D eigenvalue weighted by atomic mass is 19.4. The highest BCUT2D eigenvalue weighted by Gasteiger charge is 2.45. The summed E-state index contributed by atoms with van der Waals surface area (Å²) < 4.78 is 57.9. The van der Waals surface area contributed by atoms with Gasteiger partial charge in [0.1, 0.15) is 24.0 Å². The van der Waals surface area contributed by atoms with Gasteiger partial charge in [-0.25, -0.2) is 0 Å². The standard InChI is InChI=1S/C21H24F3N5O4/c1-31-16-12-13(17(21(22,23)24)29-6-9-32-10-7-29)2-3-15(16)26-20-27-18-14(4-5-25-18)19(28-20)33-11-8-30/h2-5,12,17,30H,6-11H2,1H3,(H2,25,26,27,28)/t17-/m0/s1. The fourth-order valence-corrected chi connectivity index (χ4v) is 3.77. The van der Waals surface area contributed by atoms with E-state index in [9.17, 15) is 13.2 Å². The number of fused-ring (bicyclic) bond motifs is 1. The molecule has 178 valence electrons. The SMILES string of the molecule is COc1cc([C@H](N2CCOCC2)C(F)(F)F)ccc1Nc1nc(OCCO)c2cc[nH]c2n1. The Morgan fingerprint density at radius 1 is 1.24 bits per heavy atom. The summed E-state index contributed by atoms with van der Waals surface area (Å²) in [6.45, 7) is 0.748. The molecule has 1 atom stereocenters. The number of anilines is 2. The molecular formula is C21H24F3N5O4. The van der Waals surface area contributed by atoms with Crippen molar-refractivity contribution >= 4 is 22.7 Å². The molecule has 0 spiro atoms. The third-order valence-electron chi connectivity index (χ3n) is 5.22. The summed E-state index contributed by atoms with van der Waals surface area (Å²) in [5.74, 6) is 0.630. The molecule has 0 radical (unpaired) electrons. The number of nitrogens with one attached hydrogen (secondary N) is 2. The number of ether oxygens (including phenoxy) is 3. The van der Waals surface area contributed by atoms with Crippen molar-refractivity contribution in [3.05, 3.63) is 36.0 Å². The first-order valence-electron chi connectivity index (χ1n) is 10.3. The van der Waals surface area contributed by atoms with Crippen molar-refractivity contribution in [1.82, 2.24) is 19.9 Å². The number of nitrogens with zero attached hydrogens (tertiary/aromatic N) is 3. The number of aliphatic hydroxyl groups is 1. The Bertz CT molecular complexity index is 1090. The average molecular weight is 467 g/mol. The number of hydrogen-bond donors (Lipinski definition) is 3. The monoisotopic (exact) mass is 467 g/mol. The van der Waals surface area contributed by atoms with Gasteiger partial charge in [-0.15, -0.1) is 0 Å². The van der Waals surface area contributed by atoms with Crippen LogP contribution in [0.3, 0.4) is 0 Å². The van der Waals surface area contributed by atoms with Gasteiger partial charge in [0.05, 0.1) is 38.0 Å². The third-order valence-corrected chi connectivity index (χ3v) is 5.22. The molecule has 1 aromatic carbocycles. The molecule has 3 aromatic rings. The maximum atomic E-state index is 13.9. The number of aliphatic hydroxyl groups excluding tert-OH is 1. The van der Waals surface area contributed by atoms with Gasteiger partial charge in [0, 0.05) is 19.3 Å². The van der Waals surface area contributed by atoms with Gasteiger partial charge in [0.25, 0.3) is 0 Å². The molecule has 0 amide bonds. The maximum absolute atomic E-state index is 13.9. The van der Waals surface area contributed by atoms with Crippen LogP contribution in [0.1, 0.15) is 11.6 Å². The Balaban J connectivity index is 1.64. The Kier molecular flexibility index (Phi) is 6.86. The Morgan fingerprint density at radius 3 is 2.73 bits per heavy atom. The predicted octanol–water partition coefficient (Wildman–Crippen LogP) is 3.02. The summed E-state index contributed by atoms with van der Waals surface area (Å²) in [6.07, 6.45) is -2.79. The first-order valence-corrected chi connectivity index (χ1v) is 10.3. The van der Waals surface area contributed by atoms with Crippen molar-refractivity contribution in [3.8, 4) is 11.6 Å². The minimum absolute atomic E-state index is 0.0507. The lowest BCUT2D eigenvalue weighted by Crippen LogP contribution is -2.44. The molecule has 1 aliphatic heterocycles. The van der Waals surface area contributed by atoms with E-state index < -0.39 is 12.2 Å². The third kappa shape index (κ3) is 5.13. The molecule has 3 N–H and O–H groups in total. The second-order valence-corrected chi connectivity index (χ2v) is 7.34. The van der Waals surface area contributed by atoms with Gasteiger partial charge < -0.3 is 29.6 Å². The second kappa shape index (κ2) is 9.81. The number of aromatic nitrogens is 3. The number of methoxy groups -OCH3 is 1. The zero-order chi connectivity index (χ0) is 23.4. The fourth-order valence-electron chi connectivity index (χ4n) is 3.77. The zero-order valence-corrected chi connectivity index (χ0v) is 17.9. The van der Waals surface area contributed by atoms with Crippen LogP contribution in [0.5, 0.6) is 11.6 Å². The molecule has 0 bridgehead atoms. The van der Waals surface area contributed by atoms with Crippen LogP contribution in [0.15, 0.2) is 30.5 Å². The van der Waals surface area contributed by atoms with E-state index in [2.05, 4.69) is 20.3 Å². The van der Waals surface area contributed by atoms with Gasteiger partial charge in [0.15, 0.2) is 0 Å². The number of alkyl halides is 3. The number of hydrogen-bond acceptors (Lipinski definition) is 8. The topological polar surface area (TPSA) is 105 Å². The lowest BCUT2D eigenvalue weighted by molar-refractivity contribution is -0.194. The van der Waals surface area contributed by atoms with Crippen molar-refractivity contribution in [2.45, 2.75) is 12.2 Å². The van der Waals surface area contributed by atoms with E-state index in [0.29, 0.717) is 16.7 Å². The lowest BCUT2D eigenvalue weighted by atomic mass is 10.0. The van der Waals surface area contributed by atoms with Crippen LogP contribution in [-0.4, -0.2) is 77.8 Å². The van der Waals surface area contributed by atoms with E-state index in [-0.39, 0.29) is 62.7 Å². The minimum atomic E-state index is -4.46. The number of aromatic amines is 1. The summed E-state index contributed by atoms with van der Waals surface area (Å²) in [6, 6.07) is 4.25. The molecule has 9 nitrogen and oxygen atoms in total. The molecule has 1 aliphatic rings. The van der Waals surface area contributed by atoms with Crippen LogP contribution in [0.2, 0.25) is 0 Å². The molecule has 2 aromatic heterocycles. The molecule has 33 heavy (non-hydrogen) atoms. The quantitative estimate of drug-likeness (QED) is 0.465. The van der Waals surface area contributed by atoms with Crippen molar-refractivity contribution in [2.75, 3.05) is 51.9 Å².